The average molecular weight is 458 g/mol. The van der Waals surface area contributed by atoms with E-state index in [4.69, 9.17) is 4.43 Å². The van der Waals surface area contributed by atoms with Crippen LogP contribution in [-0.2, 0) is 4.43 Å². The van der Waals surface area contributed by atoms with Crippen molar-refractivity contribution in [3.63, 3.8) is 0 Å². The smallest absolute Gasteiger partial charge is 0.186 e. The van der Waals surface area contributed by atoms with Crippen molar-refractivity contribution < 1.29 is 4.43 Å². The van der Waals surface area contributed by atoms with E-state index in [0.717, 1.165) is 9.86 Å². The first kappa shape index (κ1) is 20.7. The maximum Gasteiger partial charge on any atom is 0.186 e. The van der Waals surface area contributed by atoms with E-state index in [9.17, 15) is 0 Å². The number of benzene rings is 1. The summed E-state index contributed by atoms with van der Waals surface area (Å²) in [6.07, 6.45) is 1.25. The molecule has 128 valence electrons. The van der Waals surface area contributed by atoms with Crippen LogP contribution in [0.1, 0.15) is 6.42 Å². The van der Waals surface area contributed by atoms with E-state index in [2.05, 4.69) is 36.3 Å². The van der Waals surface area contributed by atoms with Gasteiger partial charge in [-0.15, -0.1) is 11.3 Å². The molecule has 0 N–H and O–H groups in total. The number of hydrogen-bond acceptors (Lipinski definition) is 9. The fraction of sp³-hybridized carbons (Fsp3) is 0.462. The lowest BCUT2D eigenvalue weighted by Crippen LogP contribution is -2.28. The first-order valence-electron chi connectivity index (χ1n) is 6.97. The maximum atomic E-state index is 5.56. The van der Waals surface area contributed by atoms with Crippen LogP contribution in [-0.4, -0.2) is 26.2 Å². The van der Waals surface area contributed by atoms with Gasteiger partial charge in [-0.3, -0.25) is 0 Å². The lowest BCUT2D eigenvalue weighted by molar-refractivity contribution is 0.403. The second-order valence-electron chi connectivity index (χ2n) is 5.19. The molecular formula is C13H19NOS7Si. The number of hydrogen-bond donors (Lipinski definition) is 0. The van der Waals surface area contributed by atoms with Crippen LogP contribution in [0.4, 0.5) is 0 Å². The summed E-state index contributed by atoms with van der Waals surface area (Å²) in [5, 5.41) is 0. The molecule has 0 amide bonds. The van der Waals surface area contributed by atoms with Crippen molar-refractivity contribution in [2.24, 2.45) is 0 Å². The summed E-state index contributed by atoms with van der Waals surface area (Å²) in [5.74, 6) is 1.20. The topological polar surface area (TPSA) is 22.1 Å². The molecular weight excluding hydrogens is 439 g/mol. The SMILES string of the molecule is CO[Si](C)(C)CCCSSSSSSc1nc2ccccc2s1. The highest BCUT2D eigenvalue weighted by molar-refractivity contribution is 9.41. The van der Waals surface area contributed by atoms with Gasteiger partial charge in [-0.2, -0.15) is 0 Å². The molecule has 1 heterocycles. The zero-order chi connectivity index (χ0) is 16.5. The summed E-state index contributed by atoms with van der Waals surface area (Å²) < 4.78 is 7.96. The molecule has 23 heavy (non-hydrogen) atoms. The Morgan fingerprint density at radius 1 is 1.13 bits per heavy atom. The van der Waals surface area contributed by atoms with Gasteiger partial charge in [0.15, 0.2) is 12.7 Å². The van der Waals surface area contributed by atoms with Crippen LogP contribution in [0.2, 0.25) is 19.1 Å². The zero-order valence-electron chi connectivity index (χ0n) is 13.1. The Morgan fingerprint density at radius 3 is 2.70 bits per heavy atom. The van der Waals surface area contributed by atoms with Crippen molar-refractivity contribution in [3.05, 3.63) is 24.3 Å². The molecule has 2 aromatic rings. The van der Waals surface area contributed by atoms with Gasteiger partial charge in [-0.05, 0) is 87.8 Å². The van der Waals surface area contributed by atoms with Gasteiger partial charge in [0.25, 0.3) is 0 Å². The van der Waals surface area contributed by atoms with Gasteiger partial charge in [0.2, 0.25) is 0 Å². The number of thiazole rings is 1. The normalized spacial score (nSPS) is 12.1. The fourth-order valence-electron chi connectivity index (χ4n) is 1.66. The van der Waals surface area contributed by atoms with Crippen LogP contribution in [0.25, 0.3) is 10.2 Å². The average Bonchev–Trinajstić information content (AvgIpc) is 2.96. The third-order valence-corrected chi connectivity index (χ3v) is 17.8. The molecule has 10 heteroatoms. The zero-order valence-corrected chi connectivity index (χ0v) is 19.9. The van der Waals surface area contributed by atoms with E-state index >= 15 is 0 Å². The lowest BCUT2D eigenvalue weighted by atomic mass is 10.3. The Labute approximate surface area is 166 Å². The van der Waals surface area contributed by atoms with Gasteiger partial charge < -0.3 is 4.43 Å². The molecule has 0 atom stereocenters. The van der Waals surface area contributed by atoms with Gasteiger partial charge in [0.05, 0.1) is 10.2 Å². The summed E-state index contributed by atoms with van der Waals surface area (Å²) in [6.45, 7) is 4.57. The van der Waals surface area contributed by atoms with Crippen molar-refractivity contribution >= 4 is 90.8 Å². The molecule has 0 spiro atoms. The molecule has 1 aromatic carbocycles. The molecule has 0 radical (unpaired) electrons. The molecule has 1 aromatic heterocycles. The van der Waals surface area contributed by atoms with E-state index in [1.807, 2.05) is 53.4 Å². The van der Waals surface area contributed by atoms with E-state index in [-0.39, 0.29) is 0 Å². The van der Waals surface area contributed by atoms with Gasteiger partial charge in [-0.25, -0.2) is 4.98 Å². The quantitative estimate of drug-likeness (QED) is 0.191. The number of rotatable bonds is 11. The van der Waals surface area contributed by atoms with Crippen LogP contribution >= 0.6 is 72.2 Å². The van der Waals surface area contributed by atoms with Crippen LogP contribution in [0.3, 0.4) is 0 Å². The Kier molecular flexibility index (Phi) is 10.1. The fourth-order valence-corrected chi connectivity index (χ4v) is 16.0. The number of fused-ring (bicyclic) bond motifs is 1. The molecule has 0 aliphatic carbocycles. The van der Waals surface area contributed by atoms with E-state index in [1.165, 1.54) is 22.9 Å². The molecule has 0 fully saturated rings. The lowest BCUT2D eigenvalue weighted by Gasteiger charge is -2.19. The highest BCUT2D eigenvalue weighted by Gasteiger charge is 2.19. The van der Waals surface area contributed by atoms with Crippen molar-refractivity contribution in [2.45, 2.75) is 29.9 Å². The van der Waals surface area contributed by atoms with Gasteiger partial charge >= 0.3 is 0 Å². The minimum Gasteiger partial charge on any atom is -0.420 e. The van der Waals surface area contributed by atoms with Crippen LogP contribution in [0, 0.1) is 0 Å². The van der Waals surface area contributed by atoms with Gasteiger partial charge in [-0.1, -0.05) is 22.9 Å². The van der Waals surface area contributed by atoms with E-state index in [0.29, 0.717) is 0 Å². The molecule has 0 aliphatic heterocycles. The Hall–Kier alpha value is 1.39. The number of para-hydroxylation sites is 1. The third-order valence-electron chi connectivity index (χ3n) is 3.07. The molecule has 0 saturated carbocycles. The number of nitrogens with zero attached hydrogens (tertiary/aromatic N) is 1. The Balaban J connectivity index is 1.49. The molecule has 2 rings (SSSR count). The molecule has 0 bridgehead atoms. The van der Waals surface area contributed by atoms with Crippen LogP contribution < -0.4 is 0 Å². The van der Waals surface area contributed by atoms with Crippen molar-refractivity contribution in [2.75, 3.05) is 12.9 Å². The van der Waals surface area contributed by atoms with Crippen molar-refractivity contribution in [3.8, 4) is 0 Å². The standard InChI is InChI=1S/C13H19NOS7Si/c1-15-23(2,3)10-6-9-16-19-21-22-20-18-13-14-11-7-4-5-8-12(11)17-13/h4-5,7-8H,6,9-10H2,1-3H3. The third kappa shape index (κ3) is 8.08. The van der Waals surface area contributed by atoms with Crippen molar-refractivity contribution in [1.82, 2.24) is 4.98 Å². The summed E-state index contributed by atoms with van der Waals surface area (Å²) in [4.78, 5) is 4.62. The monoisotopic (exact) mass is 457 g/mol. The first-order chi connectivity index (χ1) is 11.1. The maximum absolute atomic E-state index is 5.56. The molecule has 0 unspecified atom stereocenters. The molecule has 0 aliphatic rings. The second kappa shape index (κ2) is 11.2. The van der Waals surface area contributed by atoms with E-state index < -0.39 is 8.32 Å². The van der Waals surface area contributed by atoms with Gasteiger partial charge in [0.1, 0.15) is 0 Å². The highest BCUT2D eigenvalue weighted by atomic mass is 33.9. The first-order valence-corrected chi connectivity index (χ1v) is 18.6. The minimum absolute atomic E-state index is 1.10. The van der Waals surface area contributed by atoms with Crippen LogP contribution in [0.15, 0.2) is 28.6 Å². The summed E-state index contributed by atoms with van der Waals surface area (Å²) >= 11 is 1.76. The molecule has 2 nitrogen and oxygen atoms in total. The largest absolute Gasteiger partial charge is 0.420 e. The number of aromatic nitrogens is 1. The van der Waals surface area contributed by atoms with Gasteiger partial charge in [0, 0.05) is 12.9 Å². The summed E-state index contributed by atoms with van der Waals surface area (Å²) in [6, 6.07) is 9.55. The molecule has 0 saturated heterocycles. The Morgan fingerprint density at radius 2 is 1.91 bits per heavy atom. The van der Waals surface area contributed by atoms with Crippen LogP contribution in [0.5, 0.6) is 0 Å². The summed E-state index contributed by atoms with van der Waals surface area (Å²) in [7, 11) is 11.5. The predicted molar refractivity (Wildman–Crippen MR) is 122 cm³/mol. The minimum atomic E-state index is -1.36. The van der Waals surface area contributed by atoms with Crippen molar-refractivity contribution in [1.29, 1.82) is 0 Å². The predicted octanol–water partition coefficient (Wildman–Crippen LogP) is 7.87. The summed E-state index contributed by atoms with van der Waals surface area (Å²) in [5.41, 5.74) is 1.10. The Bertz CT molecular complexity index is 561. The second-order valence-corrected chi connectivity index (χ2v) is 20.4. The highest BCUT2D eigenvalue weighted by Crippen LogP contribution is 2.54. The van der Waals surface area contributed by atoms with E-state index in [1.54, 1.807) is 32.0 Å².